The first kappa shape index (κ1) is 14.4. The quantitative estimate of drug-likeness (QED) is 0.777. The molecular formula is C10H13F3N2O3S. The molecule has 2 rings (SSSR count). The molecule has 0 bridgehead atoms. The second kappa shape index (κ2) is 4.86. The SMILES string of the molecule is O=C(O)[C@@H]1CSCN1C(=O)C1(C(F)(F)F)CCNC1. The molecule has 0 radical (unpaired) electrons. The maximum atomic E-state index is 13.2. The van der Waals surface area contributed by atoms with E-state index in [4.69, 9.17) is 5.11 Å². The highest BCUT2D eigenvalue weighted by atomic mass is 32.2. The number of aliphatic carboxylic acids is 1. The summed E-state index contributed by atoms with van der Waals surface area (Å²) in [6.07, 6.45) is -5.02. The Bertz CT molecular complexity index is 396. The van der Waals surface area contributed by atoms with E-state index in [1.165, 1.54) is 0 Å². The summed E-state index contributed by atoms with van der Waals surface area (Å²) in [4.78, 5) is 24.0. The molecule has 1 unspecified atom stereocenters. The van der Waals surface area contributed by atoms with Crippen LogP contribution >= 0.6 is 11.8 Å². The van der Waals surface area contributed by atoms with E-state index >= 15 is 0 Å². The largest absolute Gasteiger partial charge is 0.480 e. The highest BCUT2D eigenvalue weighted by Gasteiger charge is 2.63. The fraction of sp³-hybridized carbons (Fsp3) is 0.800. The minimum atomic E-state index is -4.68. The molecule has 2 heterocycles. The first-order valence-electron chi connectivity index (χ1n) is 5.69. The number of nitrogens with one attached hydrogen (secondary N) is 1. The third kappa shape index (κ3) is 2.29. The average Bonchev–Trinajstić information content (AvgIpc) is 2.97. The van der Waals surface area contributed by atoms with Gasteiger partial charge in [0.2, 0.25) is 5.91 Å². The first-order chi connectivity index (χ1) is 8.79. The van der Waals surface area contributed by atoms with E-state index in [9.17, 15) is 22.8 Å². The molecule has 1 amide bonds. The highest BCUT2D eigenvalue weighted by molar-refractivity contribution is 7.99. The van der Waals surface area contributed by atoms with Gasteiger partial charge in [0, 0.05) is 12.3 Å². The zero-order valence-corrected chi connectivity index (χ0v) is 10.7. The van der Waals surface area contributed by atoms with E-state index in [1.807, 2.05) is 0 Å². The van der Waals surface area contributed by atoms with Crippen molar-refractivity contribution >= 4 is 23.6 Å². The number of hydrogen-bond donors (Lipinski definition) is 2. The van der Waals surface area contributed by atoms with E-state index < -0.39 is 36.1 Å². The minimum absolute atomic E-state index is 0.00632. The maximum absolute atomic E-state index is 13.2. The van der Waals surface area contributed by atoms with E-state index in [0.717, 1.165) is 16.7 Å². The fourth-order valence-corrected chi connectivity index (χ4v) is 3.51. The lowest BCUT2D eigenvalue weighted by atomic mass is 9.84. The van der Waals surface area contributed by atoms with Crippen LogP contribution in [0.2, 0.25) is 0 Å². The Morgan fingerprint density at radius 2 is 2.11 bits per heavy atom. The van der Waals surface area contributed by atoms with Gasteiger partial charge in [-0.2, -0.15) is 13.2 Å². The molecule has 19 heavy (non-hydrogen) atoms. The van der Waals surface area contributed by atoms with Crippen LogP contribution in [0.3, 0.4) is 0 Å². The normalized spacial score (nSPS) is 31.7. The number of carboxylic acid groups (broad SMARTS) is 1. The molecule has 2 saturated heterocycles. The van der Waals surface area contributed by atoms with Crippen molar-refractivity contribution < 1.29 is 27.9 Å². The van der Waals surface area contributed by atoms with Crippen molar-refractivity contribution in [2.75, 3.05) is 24.7 Å². The molecule has 0 aliphatic carbocycles. The summed E-state index contributed by atoms with van der Waals surface area (Å²) in [5.41, 5.74) is -2.48. The van der Waals surface area contributed by atoms with E-state index in [0.29, 0.717) is 0 Å². The number of thioether (sulfide) groups is 1. The van der Waals surface area contributed by atoms with Crippen LogP contribution in [-0.4, -0.2) is 58.8 Å². The molecule has 9 heteroatoms. The Morgan fingerprint density at radius 1 is 1.42 bits per heavy atom. The lowest BCUT2D eigenvalue weighted by molar-refractivity contribution is -0.222. The Labute approximate surface area is 111 Å². The number of nitrogens with zero attached hydrogens (tertiary/aromatic N) is 1. The van der Waals surface area contributed by atoms with Gasteiger partial charge in [-0.15, -0.1) is 11.8 Å². The number of rotatable bonds is 2. The monoisotopic (exact) mass is 298 g/mol. The van der Waals surface area contributed by atoms with Crippen LogP contribution in [0, 0.1) is 5.41 Å². The molecule has 2 atom stereocenters. The second-order valence-electron chi connectivity index (χ2n) is 4.64. The highest BCUT2D eigenvalue weighted by Crippen LogP contribution is 2.45. The Balaban J connectivity index is 2.28. The Morgan fingerprint density at radius 3 is 2.58 bits per heavy atom. The number of carbonyl (C=O) groups is 2. The third-order valence-electron chi connectivity index (χ3n) is 3.54. The minimum Gasteiger partial charge on any atom is -0.480 e. The van der Waals surface area contributed by atoms with E-state index in [-0.39, 0.29) is 24.6 Å². The van der Waals surface area contributed by atoms with Gasteiger partial charge in [-0.25, -0.2) is 4.79 Å². The molecule has 0 saturated carbocycles. The molecule has 2 N–H and O–H groups in total. The van der Waals surface area contributed by atoms with Crippen LogP contribution in [0.25, 0.3) is 0 Å². The summed E-state index contributed by atoms with van der Waals surface area (Å²) < 4.78 is 39.6. The van der Waals surface area contributed by atoms with Gasteiger partial charge in [0.1, 0.15) is 6.04 Å². The number of alkyl halides is 3. The van der Waals surface area contributed by atoms with Crippen molar-refractivity contribution in [3.63, 3.8) is 0 Å². The first-order valence-corrected chi connectivity index (χ1v) is 6.84. The fourth-order valence-electron chi connectivity index (χ4n) is 2.36. The van der Waals surface area contributed by atoms with Gasteiger partial charge in [-0.05, 0) is 13.0 Å². The molecule has 0 aromatic heterocycles. The summed E-state index contributed by atoms with van der Waals surface area (Å²) in [6.45, 7) is -0.382. The summed E-state index contributed by atoms with van der Waals surface area (Å²) in [5, 5.41) is 11.5. The molecule has 0 aromatic rings. The third-order valence-corrected chi connectivity index (χ3v) is 4.55. The molecular weight excluding hydrogens is 285 g/mol. The molecule has 2 aliphatic rings. The zero-order chi connectivity index (χ0) is 14.3. The van der Waals surface area contributed by atoms with Crippen LogP contribution in [0.5, 0.6) is 0 Å². The van der Waals surface area contributed by atoms with Crippen LogP contribution in [0.15, 0.2) is 0 Å². The lowest BCUT2D eigenvalue weighted by Gasteiger charge is -2.34. The van der Waals surface area contributed by atoms with Crippen LogP contribution < -0.4 is 5.32 Å². The number of carbonyl (C=O) groups excluding carboxylic acids is 1. The van der Waals surface area contributed by atoms with Gasteiger partial charge in [-0.1, -0.05) is 0 Å². The summed E-state index contributed by atoms with van der Waals surface area (Å²) in [5.74, 6) is -2.26. The van der Waals surface area contributed by atoms with Crippen molar-refractivity contribution in [2.45, 2.75) is 18.6 Å². The van der Waals surface area contributed by atoms with Gasteiger partial charge in [0.15, 0.2) is 5.41 Å². The zero-order valence-electron chi connectivity index (χ0n) is 9.87. The lowest BCUT2D eigenvalue weighted by Crippen LogP contribution is -2.56. The molecule has 2 aliphatic heterocycles. The second-order valence-corrected chi connectivity index (χ2v) is 5.64. The standard InChI is InChI=1S/C10H13F3N2O3S/c11-10(12,13)9(1-2-14-4-9)8(18)15-5-19-3-6(15)7(16)17/h6,14H,1-5H2,(H,16,17)/t6-,9?/m0/s1. The van der Waals surface area contributed by atoms with E-state index in [1.54, 1.807) is 0 Å². The summed E-state index contributed by atoms with van der Waals surface area (Å²) >= 11 is 1.15. The van der Waals surface area contributed by atoms with Gasteiger partial charge in [-0.3, -0.25) is 4.79 Å². The van der Waals surface area contributed by atoms with Gasteiger partial charge >= 0.3 is 12.1 Å². The van der Waals surface area contributed by atoms with Crippen LogP contribution in [-0.2, 0) is 9.59 Å². The number of hydrogen-bond acceptors (Lipinski definition) is 4. The predicted octanol–water partition coefficient (Wildman–Crippen LogP) is 0.514. The molecule has 108 valence electrons. The predicted molar refractivity (Wildman–Crippen MR) is 61.6 cm³/mol. The Kier molecular flexibility index (Phi) is 3.69. The van der Waals surface area contributed by atoms with Gasteiger partial charge < -0.3 is 15.3 Å². The van der Waals surface area contributed by atoms with Crippen molar-refractivity contribution in [2.24, 2.45) is 5.41 Å². The molecule has 0 spiro atoms. The average molecular weight is 298 g/mol. The maximum Gasteiger partial charge on any atom is 0.404 e. The van der Waals surface area contributed by atoms with Crippen molar-refractivity contribution in [3.05, 3.63) is 0 Å². The number of carboxylic acids is 1. The molecule has 0 aromatic carbocycles. The smallest absolute Gasteiger partial charge is 0.404 e. The topological polar surface area (TPSA) is 69.6 Å². The summed E-state index contributed by atoms with van der Waals surface area (Å²) in [6, 6.07) is -1.17. The van der Waals surface area contributed by atoms with Gasteiger partial charge in [0.25, 0.3) is 0 Å². The van der Waals surface area contributed by atoms with Crippen molar-refractivity contribution in [1.82, 2.24) is 10.2 Å². The Hall–Kier alpha value is -0.960. The molecule has 2 fully saturated rings. The number of amides is 1. The van der Waals surface area contributed by atoms with Crippen LogP contribution in [0.1, 0.15) is 6.42 Å². The molecule has 5 nitrogen and oxygen atoms in total. The summed E-state index contributed by atoms with van der Waals surface area (Å²) in [7, 11) is 0. The van der Waals surface area contributed by atoms with Crippen molar-refractivity contribution in [3.8, 4) is 0 Å². The number of halogens is 3. The van der Waals surface area contributed by atoms with E-state index in [2.05, 4.69) is 5.32 Å². The van der Waals surface area contributed by atoms with Crippen LogP contribution in [0.4, 0.5) is 13.2 Å². The van der Waals surface area contributed by atoms with Gasteiger partial charge in [0.05, 0.1) is 5.88 Å². The van der Waals surface area contributed by atoms with Crippen molar-refractivity contribution in [1.29, 1.82) is 0 Å².